The van der Waals surface area contributed by atoms with Gasteiger partial charge in [0, 0.05) is 25.4 Å². The summed E-state index contributed by atoms with van der Waals surface area (Å²) in [6, 6.07) is 1.68. The van der Waals surface area contributed by atoms with Gasteiger partial charge >= 0.3 is 0 Å². The van der Waals surface area contributed by atoms with Crippen LogP contribution in [0.4, 0.5) is 0 Å². The van der Waals surface area contributed by atoms with Gasteiger partial charge in [-0.1, -0.05) is 0 Å². The summed E-state index contributed by atoms with van der Waals surface area (Å²) < 4.78 is 27.1. The average molecular weight is 350 g/mol. The van der Waals surface area contributed by atoms with E-state index < -0.39 is 10.0 Å². The van der Waals surface area contributed by atoms with E-state index in [9.17, 15) is 8.42 Å². The highest BCUT2D eigenvalue weighted by molar-refractivity contribution is 9.11. The van der Waals surface area contributed by atoms with Crippen molar-refractivity contribution in [2.45, 2.75) is 17.7 Å². The van der Waals surface area contributed by atoms with E-state index in [0.717, 1.165) is 14.9 Å². The van der Waals surface area contributed by atoms with Gasteiger partial charge in [0.25, 0.3) is 10.0 Å². The number of aromatic nitrogens is 2. The van der Waals surface area contributed by atoms with Crippen LogP contribution >= 0.6 is 27.3 Å². The van der Waals surface area contributed by atoms with Crippen LogP contribution in [0.5, 0.6) is 0 Å². The number of hydrogen-bond acceptors (Lipinski definition) is 4. The summed E-state index contributed by atoms with van der Waals surface area (Å²) >= 11 is 4.56. The van der Waals surface area contributed by atoms with E-state index in [2.05, 4.69) is 26.1 Å². The highest BCUT2D eigenvalue weighted by Crippen LogP contribution is 2.32. The van der Waals surface area contributed by atoms with Gasteiger partial charge < -0.3 is 0 Å². The lowest BCUT2D eigenvalue weighted by Crippen LogP contribution is -2.25. The SMILES string of the molecule is Cc1cc(S(=O)(=O)N(C)Cc2cn[nH]c2)sc1Br. The minimum Gasteiger partial charge on any atom is -0.285 e. The summed E-state index contributed by atoms with van der Waals surface area (Å²) in [5, 5.41) is 6.46. The standard InChI is InChI=1S/C10H12BrN3O2S2/c1-7-3-9(17-10(7)11)18(15,16)14(2)6-8-4-12-13-5-8/h3-5H,6H2,1-2H3,(H,12,13). The molecule has 18 heavy (non-hydrogen) atoms. The summed E-state index contributed by atoms with van der Waals surface area (Å²) in [7, 11) is -1.88. The van der Waals surface area contributed by atoms with E-state index in [1.165, 1.54) is 15.6 Å². The van der Waals surface area contributed by atoms with Crippen LogP contribution in [0.3, 0.4) is 0 Å². The second-order valence-electron chi connectivity index (χ2n) is 3.89. The maximum absolute atomic E-state index is 12.3. The number of sulfonamides is 1. The van der Waals surface area contributed by atoms with E-state index in [-0.39, 0.29) is 0 Å². The van der Waals surface area contributed by atoms with Crippen molar-refractivity contribution in [2.24, 2.45) is 0 Å². The molecule has 0 fully saturated rings. The van der Waals surface area contributed by atoms with Crippen molar-refractivity contribution in [1.82, 2.24) is 14.5 Å². The first kappa shape index (κ1) is 13.7. The maximum atomic E-state index is 12.3. The van der Waals surface area contributed by atoms with E-state index >= 15 is 0 Å². The summed E-state index contributed by atoms with van der Waals surface area (Å²) in [6.45, 7) is 2.17. The van der Waals surface area contributed by atoms with Crippen LogP contribution in [0.15, 0.2) is 26.5 Å². The van der Waals surface area contributed by atoms with Crippen molar-refractivity contribution >= 4 is 37.3 Å². The van der Waals surface area contributed by atoms with Crippen LogP contribution < -0.4 is 0 Å². The summed E-state index contributed by atoms with van der Waals surface area (Å²) in [5.41, 5.74) is 1.75. The van der Waals surface area contributed by atoms with Gasteiger partial charge in [-0.3, -0.25) is 5.10 Å². The minimum atomic E-state index is -3.44. The van der Waals surface area contributed by atoms with Gasteiger partial charge in [0.05, 0.1) is 9.98 Å². The number of H-pyrrole nitrogens is 1. The molecule has 0 unspecified atom stereocenters. The first-order chi connectivity index (χ1) is 8.41. The third-order valence-corrected chi connectivity index (χ3v) is 6.85. The monoisotopic (exact) mass is 349 g/mol. The fraction of sp³-hybridized carbons (Fsp3) is 0.300. The molecule has 0 aliphatic carbocycles. The van der Waals surface area contributed by atoms with Gasteiger partial charge in [0.1, 0.15) is 4.21 Å². The normalized spacial score (nSPS) is 12.2. The smallest absolute Gasteiger partial charge is 0.252 e. The van der Waals surface area contributed by atoms with Crippen molar-refractivity contribution in [3.05, 3.63) is 33.4 Å². The maximum Gasteiger partial charge on any atom is 0.252 e. The predicted octanol–water partition coefficient (Wildman–Crippen LogP) is 2.36. The lowest BCUT2D eigenvalue weighted by atomic mass is 10.4. The predicted molar refractivity (Wildman–Crippen MR) is 74.0 cm³/mol. The molecule has 5 nitrogen and oxygen atoms in total. The third-order valence-electron chi connectivity index (χ3n) is 2.46. The summed E-state index contributed by atoms with van der Waals surface area (Å²) in [5.74, 6) is 0. The summed E-state index contributed by atoms with van der Waals surface area (Å²) in [6.07, 6.45) is 3.29. The van der Waals surface area contributed by atoms with E-state index in [4.69, 9.17) is 0 Å². The molecule has 0 bridgehead atoms. The quantitative estimate of drug-likeness (QED) is 0.921. The minimum absolute atomic E-state index is 0.299. The van der Waals surface area contributed by atoms with Crippen LogP contribution in [-0.4, -0.2) is 30.0 Å². The van der Waals surface area contributed by atoms with Gasteiger partial charge in [0.15, 0.2) is 0 Å². The molecule has 0 aliphatic rings. The molecule has 2 aromatic rings. The Morgan fingerprint density at radius 1 is 1.56 bits per heavy atom. The largest absolute Gasteiger partial charge is 0.285 e. The molecular formula is C10H12BrN3O2S2. The topological polar surface area (TPSA) is 66.1 Å². The zero-order valence-corrected chi connectivity index (χ0v) is 13.1. The Balaban J connectivity index is 2.25. The number of aromatic amines is 1. The van der Waals surface area contributed by atoms with Crippen LogP contribution in [0.1, 0.15) is 11.1 Å². The molecular weight excluding hydrogens is 338 g/mol. The number of hydrogen-bond donors (Lipinski definition) is 1. The molecule has 0 radical (unpaired) electrons. The zero-order valence-electron chi connectivity index (χ0n) is 9.84. The van der Waals surface area contributed by atoms with Gasteiger partial charge in [-0.2, -0.15) is 9.40 Å². The lowest BCUT2D eigenvalue weighted by molar-refractivity contribution is 0.468. The number of nitrogens with one attached hydrogen (secondary N) is 1. The molecule has 2 heterocycles. The molecule has 2 aromatic heterocycles. The van der Waals surface area contributed by atoms with Crippen LogP contribution in [0, 0.1) is 6.92 Å². The van der Waals surface area contributed by atoms with Gasteiger partial charge in [-0.15, -0.1) is 11.3 Å². The Bertz CT molecular complexity index is 615. The second kappa shape index (κ2) is 5.12. The Hall–Kier alpha value is -0.700. The van der Waals surface area contributed by atoms with E-state index in [1.54, 1.807) is 25.5 Å². The van der Waals surface area contributed by atoms with Crippen molar-refractivity contribution < 1.29 is 8.42 Å². The fourth-order valence-corrected chi connectivity index (χ4v) is 5.01. The Morgan fingerprint density at radius 3 is 2.78 bits per heavy atom. The average Bonchev–Trinajstić information content (AvgIpc) is 2.90. The van der Waals surface area contributed by atoms with Crippen LogP contribution in [0.25, 0.3) is 0 Å². The van der Waals surface area contributed by atoms with E-state index in [1.807, 2.05) is 6.92 Å². The zero-order chi connectivity index (χ0) is 13.3. The van der Waals surface area contributed by atoms with Crippen LogP contribution in [0.2, 0.25) is 0 Å². The highest BCUT2D eigenvalue weighted by atomic mass is 79.9. The number of rotatable bonds is 4. The molecule has 98 valence electrons. The Kier molecular flexibility index (Phi) is 3.90. The summed E-state index contributed by atoms with van der Waals surface area (Å²) in [4.78, 5) is 0. The first-order valence-electron chi connectivity index (χ1n) is 5.11. The molecule has 0 atom stereocenters. The van der Waals surface area contributed by atoms with E-state index in [0.29, 0.717) is 10.8 Å². The van der Waals surface area contributed by atoms with Crippen molar-refractivity contribution in [1.29, 1.82) is 0 Å². The molecule has 0 spiro atoms. The molecule has 0 aliphatic heterocycles. The third kappa shape index (κ3) is 2.66. The van der Waals surface area contributed by atoms with Crippen molar-refractivity contribution in [3.63, 3.8) is 0 Å². The van der Waals surface area contributed by atoms with Gasteiger partial charge in [-0.25, -0.2) is 8.42 Å². The number of aryl methyl sites for hydroxylation is 1. The highest BCUT2D eigenvalue weighted by Gasteiger charge is 2.24. The van der Waals surface area contributed by atoms with Crippen molar-refractivity contribution in [3.8, 4) is 0 Å². The lowest BCUT2D eigenvalue weighted by Gasteiger charge is -2.14. The Labute approximate surface area is 118 Å². The molecule has 0 saturated carbocycles. The number of halogens is 1. The molecule has 8 heteroatoms. The molecule has 2 rings (SSSR count). The van der Waals surface area contributed by atoms with Gasteiger partial charge in [0.2, 0.25) is 0 Å². The fourth-order valence-electron chi connectivity index (χ4n) is 1.42. The molecule has 0 amide bonds. The second-order valence-corrected chi connectivity index (χ2v) is 8.53. The number of thiophene rings is 1. The van der Waals surface area contributed by atoms with Crippen molar-refractivity contribution in [2.75, 3.05) is 7.05 Å². The first-order valence-corrected chi connectivity index (χ1v) is 8.16. The molecule has 0 saturated heterocycles. The van der Waals surface area contributed by atoms with Crippen LogP contribution in [-0.2, 0) is 16.6 Å². The number of nitrogens with zero attached hydrogens (tertiary/aromatic N) is 2. The molecule has 0 aromatic carbocycles. The molecule has 1 N–H and O–H groups in total. The Morgan fingerprint density at radius 2 is 2.28 bits per heavy atom. The van der Waals surface area contributed by atoms with Gasteiger partial charge in [-0.05, 0) is 34.5 Å².